The van der Waals surface area contributed by atoms with Gasteiger partial charge in [-0.3, -0.25) is 4.79 Å². The van der Waals surface area contributed by atoms with Crippen molar-refractivity contribution >= 4 is 18.0 Å². The van der Waals surface area contributed by atoms with Crippen LogP contribution in [0.2, 0.25) is 0 Å². The molecule has 1 amide bonds. The predicted molar refractivity (Wildman–Crippen MR) is 67.0 cm³/mol. The Morgan fingerprint density at radius 1 is 1.39 bits per heavy atom. The van der Waals surface area contributed by atoms with Gasteiger partial charge >= 0.3 is 5.97 Å². The van der Waals surface area contributed by atoms with E-state index in [0.717, 1.165) is 11.6 Å². The zero-order valence-electron chi connectivity index (χ0n) is 10.00. The minimum absolute atomic E-state index is 0.496. The van der Waals surface area contributed by atoms with E-state index in [0.29, 0.717) is 12.2 Å². The molecule has 18 heavy (non-hydrogen) atoms. The monoisotopic (exact) mass is 249 g/mol. The molecule has 0 radical (unpaired) electrons. The van der Waals surface area contributed by atoms with Crippen LogP contribution in [-0.2, 0) is 9.59 Å². The maximum atomic E-state index is 11.0. The highest BCUT2D eigenvalue weighted by Crippen LogP contribution is 2.15. The van der Waals surface area contributed by atoms with E-state index in [-0.39, 0.29) is 0 Å². The first-order valence-corrected chi connectivity index (χ1v) is 5.50. The summed E-state index contributed by atoms with van der Waals surface area (Å²) in [6.45, 7) is 1.80. The molecule has 1 atom stereocenters. The quantitative estimate of drug-likeness (QED) is 0.746. The van der Waals surface area contributed by atoms with E-state index in [9.17, 15) is 9.59 Å². The maximum absolute atomic E-state index is 11.0. The molecule has 0 aromatic heterocycles. The van der Waals surface area contributed by atoms with E-state index in [4.69, 9.17) is 15.6 Å². The molecule has 1 rings (SSSR count). The normalized spacial score (nSPS) is 12.3. The Balaban J connectivity index is 2.71. The number of amides is 1. The molecule has 0 saturated heterocycles. The third kappa shape index (κ3) is 4.29. The average Bonchev–Trinajstić information content (AvgIpc) is 2.34. The number of ether oxygens (including phenoxy) is 1. The molecule has 5 heteroatoms. The summed E-state index contributed by atoms with van der Waals surface area (Å²) in [4.78, 5) is 21.3. The van der Waals surface area contributed by atoms with Crippen molar-refractivity contribution in [1.29, 1.82) is 0 Å². The number of carbonyl (C=O) groups excluding carboxylic acids is 1. The van der Waals surface area contributed by atoms with Crippen LogP contribution in [0.15, 0.2) is 30.3 Å². The van der Waals surface area contributed by atoms with Gasteiger partial charge in [0.25, 0.3) is 5.91 Å². The largest absolute Gasteiger partial charge is 0.481 e. The summed E-state index contributed by atoms with van der Waals surface area (Å²) in [5, 5.41) is 8.48. The summed E-state index contributed by atoms with van der Waals surface area (Å²) in [5.41, 5.74) is 5.90. The highest BCUT2D eigenvalue weighted by atomic mass is 16.5. The van der Waals surface area contributed by atoms with Crippen molar-refractivity contribution in [3.8, 4) is 5.75 Å². The fourth-order valence-electron chi connectivity index (χ4n) is 1.33. The Morgan fingerprint density at radius 2 is 2.00 bits per heavy atom. The van der Waals surface area contributed by atoms with Crippen molar-refractivity contribution in [3.05, 3.63) is 35.9 Å². The third-order valence-corrected chi connectivity index (χ3v) is 2.26. The van der Waals surface area contributed by atoms with Crippen molar-refractivity contribution in [1.82, 2.24) is 0 Å². The molecule has 0 aliphatic heterocycles. The number of hydrogen-bond donors (Lipinski definition) is 2. The predicted octanol–water partition coefficient (Wildman–Crippen LogP) is 1.43. The lowest BCUT2D eigenvalue weighted by Crippen LogP contribution is -2.32. The molecule has 0 bridgehead atoms. The van der Waals surface area contributed by atoms with Gasteiger partial charge in [0.05, 0.1) is 0 Å². The second-order valence-corrected chi connectivity index (χ2v) is 3.66. The van der Waals surface area contributed by atoms with Gasteiger partial charge in [0.2, 0.25) is 0 Å². The van der Waals surface area contributed by atoms with Gasteiger partial charge in [0.15, 0.2) is 6.10 Å². The van der Waals surface area contributed by atoms with Gasteiger partial charge in [0, 0.05) is 6.08 Å². The molecule has 0 fully saturated rings. The SMILES string of the molecule is CCC(Oc1ccc(/C=C/C(=O)O)cc1)C(N)=O. The van der Waals surface area contributed by atoms with E-state index < -0.39 is 18.0 Å². The van der Waals surface area contributed by atoms with Crippen molar-refractivity contribution in [3.63, 3.8) is 0 Å². The van der Waals surface area contributed by atoms with Crippen molar-refractivity contribution in [2.45, 2.75) is 19.4 Å². The molecule has 96 valence electrons. The first-order chi connectivity index (χ1) is 8.52. The molecule has 0 aliphatic carbocycles. The second-order valence-electron chi connectivity index (χ2n) is 3.66. The van der Waals surface area contributed by atoms with Gasteiger partial charge in [-0.25, -0.2) is 4.79 Å². The highest BCUT2D eigenvalue weighted by molar-refractivity contribution is 5.85. The first-order valence-electron chi connectivity index (χ1n) is 5.50. The smallest absolute Gasteiger partial charge is 0.328 e. The van der Waals surface area contributed by atoms with E-state index in [1.54, 1.807) is 31.2 Å². The number of aliphatic carboxylic acids is 1. The summed E-state index contributed by atoms with van der Waals surface area (Å²) in [6, 6.07) is 6.71. The number of nitrogens with two attached hydrogens (primary N) is 1. The Hall–Kier alpha value is -2.30. The summed E-state index contributed by atoms with van der Waals surface area (Å²) in [7, 11) is 0. The van der Waals surface area contributed by atoms with Crippen LogP contribution in [0.3, 0.4) is 0 Å². The van der Waals surface area contributed by atoms with Gasteiger partial charge < -0.3 is 15.6 Å². The minimum atomic E-state index is -1.00. The van der Waals surface area contributed by atoms with Gasteiger partial charge in [-0.1, -0.05) is 19.1 Å². The molecule has 0 heterocycles. The fourth-order valence-corrected chi connectivity index (χ4v) is 1.33. The standard InChI is InChI=1S/C13H15NO4/c1-2-11(13(14)17)18-10-6-3-9(4-7-10)5-8-12(15)16/h3-8,11H,2H2,1H3,(H2,14,17)(H,15,16)/b8-5+. The van der Waals surface area contributed by atoms with Crippen LogP contribution in [0.1, 0.15) is 18.9 Å². The second kappa shape index (κ2) is 6.44. The number of carbonyl (C=O) groups is 2. The topological polar surface area (TPSA) is 89.6 Å². The van der Waals surface area contributed by atoms with E-state index >= 15 is 0 Å². The molecule has 1 aromatic rings. The van der Waals surface area contributed by atoms with Crippen LogP contribution >= 0.6 is 0 Å². The molecular formula is C13H15NO4. The molecule has 0 saturated carbocycles. The molecule has 0 aliphatic rings. The number of rotatable bonds is 6. The van der Waals surface area contributed by atoms with Crippen LogP contribution in [-0.4, -0.2) is 23.1 Å². The lowest BCUT2D eigenvalue weighted by Gasteiger charge is -2.13. The summed E-state index contributed by atoms with van der Waals surface area (Å²) < 4.78 is 5.39. The van der Waals surface area contributed by atoms with E-state index in [2.05, 4.69) is 0 Å². The van der Waals surface area contributed by atoms with Crippen molar-refractivity contribution < 1.29 is 19.4 Å². The van der Waals surface area contributed by atoms with Crippen LogP contribution in [0.4, 0.5) is 0 Å². The molecule has 1 unspecified atom stereocenters. The maximum Gasteiger partial charge on any atom is 0.328 e. The van der Waals surface area contributed by atoms with Gasteiger partial charge in [-0.2, -0.15) is 0 Å². The Labute approximate surface area is 105 Å². The van der Waals surface area contributed by atoms with Crippen molar-refractivity contribution in [2.24, 2.45) is 5.73 Å². The molecule has 5 nitrogen and oxygen atoms in total. The third-order valence-electron chi connectivity index (χ3n) is 2.26. The molecular weight excluding hydrogens is 234 g/mol. The number of hydrogen-bond acceptors (Lipinski definition) is 3. The Bertz CT molecular complexity index is 451. The minimum Gasteiger partial charge on any atom is -0.481 e. The van der Waals surface area contributed by atoms with Crippen LogP contribution in [0.5, 0.6) is 5.75 Å². The molecule has 3 N–H and O–H groups in total. The van der Waals surface area contributed by atoms with Gasteiger partial charge in [0.1, 0.15) is 5.75 Å². The number of carboxylic acid groups (broad SMARTS) is 1. The van der Waals surface area contributed by atoms with Crippen LogP contribution in [0, 0.1) is 0 Å². The average molecular weight is 249 g/mol. The lowest BCUT2D eigenvalue weighted by molar-refractivity contribution is -0.131. The number of carboxylic acids is 1. The zero-order chi connectivity index (χ0) is 13.5. The van der Waals surface area contributed by atoms with E-state index in [1.165, 1.54) is 6.08 Å². The van der Waals surface area contributed by atoms with Gasteiger partial charge in [-0.05, 0) is 30.2 Å². The number of benzene rings is 1. The summed E-state index contributed by atoms with van der Waals surface area (Å²) in [5.74, 6) is -0.990. The van der Waals surface area contributed by atoms with E-state index in [1.807, 2.05) is 0 Å². The van der Waals surface area contributed by atoms with Crippen molar-refractivity contribution in [2.75, 3.05) is 0 Å². The fraction of sp³-hybridized carbons (Fsp3) is 0.231. The van der Waals surface area contributed by atoms with Crippen LogP contribution in [0.25, 0.3) is 6.08 Å². The zero-order valence-corrected chi connectivity index (χ0v) is 10.00. The lowest BCUT2D eigenvalue weighted by atomic mass is 10.2. The molecule has 1 aromatic carbocycles. The number of primary amides is 1. The molecule has 0 spiro atoms. The summed E-state index contributed by atoms with van der Waals surface area (Å²) in [6.07, 6.45) is 2.37. The summed E-state index contributed by atoms with van der Waals surface area (Å²) >= 11 is 0. The van der Waals surface area contributed by atoms with Crippen LogP contribution < -0.4 is 10.5 Å². The Kier molecular flexibility index (Phi) is 4.92. The Morgan fingerprint density at radius 3 is 2.44 bits per heavy atom. The highest BCUT2D eigenvalue weighted by Gasteiger charge is 2.13. The first kappa shape index (κ1) is 13.8. The van der Waals surface area contributed by atoms with Gasteiger partial charge in [-0.15, -0.1) is 0 Å².